The zero-order chi connectivity index (χ0) is 16.1. The van der Waals surface area contributed by atoms with Gasteiger partial charge in [0.25, 0.3) is 0 Å². The second-order valence-corrected chi connectivity index (χ2v) is 5.48. The predicted molar refractivity (Wildman–Crippen MR) is 83.6 cm³/mol. The van der Waals surface area contributed by atoms with Crippen molar-refractivity contribution >= 4 is 5.97 Å². The zero-order valence-corrected chi connectivity index (χ0v) is 13.1. The maximum absolute atomic E-state index is 12.0. The first-order valence-electron chi connectivity index (χ1n) is 7.77. The van der Waals surface area contributed by atoms with Gasteiger partial charge in [-0.25, -0.2) is 9.48 Å². The average Bonchev–Trinajstić information content (AvgIpc) is 3.26. The molecular formula is C17H20N2O4. The lowest BCUT2D eigenvalue weighted by atomic mass is 10.2. The van der Waals surface area contributed by atoms with Gasteiger partial charge in [0.05, 0.1) is 18.4 Å². The highest BCUT2D eigenvalue weighted by Crippen LogP contribution is 2.16. The molecule has 0 N–H and O–H groups in total. The molecule has 0 aliphatic carbocycles. The number of benzene rings is 1. The Kier molecular flexibility index (Phi) is 5.05. The van der Waals surface area contributed by atoms with E-state index in [4.69, 9.17) is 14.2 Å². The van der Waals surface area contributed by atoms with Gasteiger partial charge >= 0.3 is 5.97 Å². The molecule has 1 aliphatic heterocycles. The molecule has 1 aromatic heterocycles. The summed E-state index contributed by atoms with van der Waals surface area (Å²) in [6.45, 7) is 2.89. The number of hydrogen-bond donors (Lipinski definition) is 0. The highest BCUT2D eigenvalue weighted by atomic mass is 16.6. The third-order valence-electron chi connectivity index (χ3n) is 3.71. The van der Waals surface area contributed by atoms with Crippen molar-refractivity contribution < 1.29 is 19.0 Å². The van der Waals surface area contributed by atoms with Crippen molar-refractivity contribution in [3.63, 3.8) is 0 Å². The summed E-state index contributed by atoms with van der Waals surface area (Å²) < 4.78 is 18.1. The summed E-state index contributed by atoms with van der Waals surface area (Å²) in [7, 11) is 0. The van der Waals surface area contributed by atoms with Crippen LogP contribution in [0, 0.1) is 0 Å². The molecule has 0 radical (unpaired) electrons. The molecule has 3 rings (SSSR count). The monoisotopic (exact) mass is 316 g/mol. The van der Waals surface area contributed by atoms with Crippen LogP contribution in [0.4, 0.5) is 0 Å². The minimum atomic E-state index is -0.620. The molecule has 2 heterocycles. The van der Waals surface area contributed by atoms with E-state index < -0.39 is 12.1 Å². The maximum atomic E-state index is 12.0. The van der Waals surface area contributed by atoms with Gasteiger partial charge in [0, 0.05) is 19.0 Å². The van der Waals surface area contributed by atoms with Crippen LogP contribution in [0.15, 0.2) is 42.7 Å². The Hall–Kier alpha value is -2.18. The van der Waals surface area contributed by atoms with Crippen molar-refractivity contribution in [3.05, 3.63) is 42.7 Å². The largest absolute Gasteiger partial charge is 0.425 e. The van der Waals surface area contributed by atoms with Crippen LogP contribution in [-0.4, -0.2) is 41.2 Å². The van der Waals surface area contributed by atoms with E-state index in [9.17, 15) is 4.79 Å². The van der Waals surface area contributed by atoms with E-state index in [1.807, 2.05) is 24.4 Å². The minimum Gasteiger partial charge on any atom is -0.425 e. The molecular weight excluding hydrogens is 296 g/mol. The van der Waals surface area contributed by atoms with E-state index in [0.29, 0.717) is 12.4 Å². The van der Waals surface area contributed by atoms with Crippen LogP contribution in [0.5, 0.6) is 5.75 Å². The molecule has 0 amide bonds. The minimum absolute atomic E-state index is 0.0959. The topological polar surface area (TPSA) is 62.6 Å². The molecule has 1 fully saturated rings. The quantitative estimate of drug-likeness (QED) is 0.605. The number of esters is 1. The summed E-state index contributed by atoms with van der Waals surface area (Å²) in [5.74, 6) is 0.0771. The van der Waals surface area contributed by atoms with Crippen LogP contribution in [0.3, 0.4) is 0 Å². The molecule has 2 atom stereocenters. The summed E-state index contributed by atoms with van der Waals surface area (Å²) in [4.78, 5) is 12.0. The van der Waals surface area contributed by atoms with E-state index in [1.165, 1.54) is 0 Å². The SMILES string of the molecule is C[C@H](OC[C@H]1CCCO1)C(=O)Oc1ccc(-n2cccn2)cc1. The first-order chi connectivity index (χ1) is 11.2. The van der Waals surface area contributed by atoms with Gasteiger partial charge in [-0.3, -0.25) is 0 Å². The Morgan fingerprint density at radius 1 is 1.43 bits per heavy atom. The number of carbonyl (C=O) groups excluding carboxylic acids is 1. The first-order valence-corrected chi connectivity index (χ1v) is 7.77. The van der Waals surface area contributed by atoms with E-state index in [2.05, 4.69) is 5.10 Å². The fourth-order valence-electron chi connectivity index (χ4n) is 2.38. The molecule has 1 aromatic carbocycles. The smallest absolute Gasteiger partial charge is 0.340 e. The molecule has 0 spiro atoms. The van der Waals surface area contributed by atoms with Gasteiger partial charge in [0.2, 0.25) is 0 Å². The van der Waals surface area contributed by atoms with Crippen molar-refractivity contribution in [1.29, 1.82) is 0 Å². The second kappa shape index (κ2) is 7.39. The van der Waals surface area contributed by atoms with Crippen LogP contribution in [0.2, 0.25) is 0 Å². The number of carbonyl (C=O) groups is 1. The zero-order valence-electron chi connectivity index (χ0n) is 13.1. The van der Waals surface area contributed by atoms with Gasteiger partial charge in [-0.1, -0.05) is 0 Å². The normalized spacial score (nSPS) is 18.7. The summed E-state index contributed by atoms with van der Waals surface area (Å²) in [6.07, 6.45) is 5.07. The molecule has 1 aliphatic rings. The molecule has 23 heavy (non-hydrogen) atoms. The van der Waals surface area contributed by atoms with Crippen molar-refractivity contribution in [3.8, 4) is 11.4 Å². The molecule has 2 aromatic rings. The van der Waals surface area contributed by atoms with Crippen molar-refractivity contribution in [1.82, 2.24) is 9.78 Å². The standard InChI is InChI=1S/C17H20N2O4/c1-13(22-12-16-4-2-11-21-16)17(20)23-15-7-5-14(6-8-15)19-10-3-9-18-19/h3,5-10,13,16H,2,4,11-12H2,1H3/t13-,16+/m0/s1. The van der Waals surface area contributed by atoms with Crippen molar-refractivity contribution in [2.75, 3.05) is 13.2 Å². The Morgan fingerprint density at radius 3 is 2.91 bits per heavy atom. The van der Waals surface area contributed by atoms with E-state index in [-0.39, 0.29) is 6.10 Å². The number of rotatable bonds is 6. The molecule has 0 bridgehead atoms. The van der Waals surface area contributed by atoms with Gasteiger partial charge < -0.3 is 14.2 Å². The summed E-state index contributed by atoms with van der Waals surface area (Å²) >= 11 is 0. The van der Waals surface area contributed by atoms with Crippen LogP contribution in [0.25, 0.3) is 5.69 Å². The van der Waals surface area contributed by atoms with Crippen LogP contribution >= 0.6 is 0 Å². The summed E-state index contributed by atoms with van der Waals surface area (Å²) in [5.41, 5.74) is 0.900. The Morgan fingerprint density at radius 2 is 2.26 bits per heavy atom. The Balaban J connectivity index is 1.50. The second-order valence-electron chi connectivity index (χ2n) is 5.48. The number of aromatic nitrogens is 2. The Bertz CT molecular complexity index is 619. The number of ether oxygens (including phenoxy) is 3. The highest BCUT2D eigenvalue weighted by molar-refractivity contribution is 5.76. The third-order valence-corrected chi connectivity index (χ3v) is 3.71. The van der Waals surface area contributed by atoms with E-state index in [0.717, 1.165) is 25.1 Å². The van der Waals surface area contributed by atoms with Crippen LogP contribution in [-0.2, 0) is 14.3 Å². The maximum Gasteiger partial charge on any atom is 0.340 e. The van der Waals surface area contributed by atoms with Gasteiger partial charge in [0.1, 0.15) is 5.75 Å². The van der Waals surface area contributed by atoms with Crippen molar-refractivity contribution in [2.45, 2.75) is 32.0 Å². The Labute approximate surface area is 135 Å². The lowest BCUT2D eigenvalue weighted by Crippen LogP contribution is -2.29. The van der Waals surface area contributed by atoms with Crippen LogP contribution < -0.4 is 4.74 Å². The van der Waals surface area contributed by atoms with Crippen LogP contribution in [0.1, 0.15) is 19.8 Å². The summed E-state index contributed by atoms with van der Waals surface area (Å²) in [5, 5.41) is 4.14. The molecule has 122 valence electrons. The van der Waals surface area contributed by atoms with Gasteiger partial charge in [-0.05, 0) is 50.1 Å². The summed E-state index contributed by atoms with van der Waals surface area (Å²) in [6, 6.07) is 9.01. The van der Waals surface area contributed by atoms with Gasteiger partial charge in [-0.2, -0.15) is 5.10 Å². The van der Waals surface area contributed by atoms with Gasteiger partial charge in [-0.15, -0.1) is 0 Å². The predicted octanol–water partition coefficient (Wildman–Crippen LogP) is 2.36. The highest BCUT2D eigenvalue weighted by Gasteiger charge is 2.21. The molecule has 0 saturated carbocycles. The van der Waals surface area contributed by atoms with Crippen molar-refractivity contribution in [2.24, 2.45) is 0 Å². The lowest BCUT2D eigenvalue weighted by molar-refractivity contribution is -0.148. The first kappa shape index (κ1) is 15.7. The van der Waals surface area contributed by atoms with E-state index >= 15 is 0 Å². The molecule has 1 saturated heterocycles. The number of nitrogens with zero attached hydrogens (tertiary/aromatic N) is 2. The average molecular weight is 316 g/mol. The molecule has 0 unspecified atom stereocenters. The lowest BCUT2D eigenvalue weighted by Gasteiger charge is -2.15. The molecule has 6 nitrogen and oxygen atoms in total. The fourth-order valence-corrected chi connectivity index (χ4v) is 2.38. The third kappa shape index (κ3) is 4.18. The van der Waals surface area contributed by atoms with E-state index in [1.54, 1.807) is 29.9 Å². The van der Waals surface area contributed by atoms with Gasteiger partial charge in [0.15, 0.2) is 6.10 Å². The molecule has 6 heteroatoms. The number of hydrogen-bond acceptors (Lipinski definition) is 5. The fraction of sp³-hybridized carbons (Fsp3) is 0.412.